The molecule has 0 spiro atoms. The Balaban J connectivity index is 2.19. The lowest BCUT2D eigenvalue weighted by Crippen LogP contribution is -2.52. The zero-order valence-corrected chi connectivity index (χ0v) is 13.8. The standard InChI is InChI=1S/C17H23N3O3/c1-4-11-8-13(10(2)7-12(11)9-18-3)16(22)19-14-5-6-15(21)20-17(14)23/h7-8,14,18H,4-6,9H2,1-3H3,(H,19,22)(H,20,21,23). The van der Waals surface area contributed by atoms with Crippen molar-refractivity contribution in [2.24, 2.45) is 0 Å². The molecule has 0 bridgehead atoms. The molecule has 1 aromatic rings. The Morgan fingerprint density at radius 1 is 1.30 bits per heavy atom. The molecular formula is C17H23N3O3. The van der Waals surface area contributed by atoms with E-state index in [1.165, 1.54) is 5.56 Å². The maximum absolute atomic E-state index is 12.5. The molecule has 1 fully saturated rings. The molecule has 0 radical (unpaired) electrons. The number of aryl methyl sites for hydroxylation is 2. The number of rotatable bonds is 5. The summed E-state index contributed by atoms with van der Waals surface area (Å²) in [6.07, 6.45) is 1.42. The fourth-order valence-electron chi connectivity index (χ4n) is 2.81. The molecule has 0 aromatic heterocycles. The van der Waals surface area contributed by atoms with E-state index in [0.717, 1.165) is 24.1 Å². The van der Waals surface area contributed by atoms with Gasteiger partial charge in [-0.2, -0.15) is 0 Å². The van der Waals surface area contributed by atoms with Crippen LogP contribution >= 0.6 is 0 Å². The highest BCUT2D eigenvalue weighted by Gasteiger charge is 2.28. The van der Waals surface area contributed by atoms with Gasteiger partial charge in [-0.15, -0.1) is 0 Å². The molecule has 1 aliphatic rings. The third-order valence-corrected chi connectivity index (χ3v) is 4.08. The van der Waals surface area contributed by atoms with Crippen molar-refractivity contribution in [3.63, 3.8) is 0 Å². The van der Waals surface area contributed by atoms with Gasteiger partial charge in [0.25, 0.3) is 5.91 Å². The molecule has 1 atom stereocenters. The lowest BCUT2D eigenvalue weighted by atomic mass is 9.96. The van der Waals surface area contributed by atoms with Crippen LogP contribution in [0.25, 0.3) is 0 Å². The van der Waals surface area contributed by atoms with Gasteiger partial charge in [0, 0.05) is 18.5 Å². The number of amides is 3. The van der Waals surface area contributed by atoms with Crippen molar-refractivity contribution in [1.29, 1.82) is 0 Å². The van der Waals surface area contributed by atoms with Crippen molar-refractivity contribution in [3.8, 4) is 0 Å². The van der Waals surface area contributed by atoms with E-state index in [-0.39, 0.29) is 18.2 Å². The van der Waals surface area contributed by atoms with Crippen molar-refractivity contribution in [1.82, 2.24) is 16.0 Å². The van der Waals surface area contributed by atoms with E-state index in [1.807, 2.05) is 33.0 Å². The molecule has 3 amide bonds. The number of piperidine rings is 1. The molecule has 6 heteroatoms. The Morgan fingerprint density at radius 2 is 2.04 bits per heavy atom. The molecule has 0 saturated carbocycles. The maximum Gasteiger partial charge on any atom is 0.252 e. The van der Waals surface area contributed by atoms with E-state index in [2.05, 4.69) is 16.0 Å². The van der Waals surface area contributed by atoms with Gasteiger partial charge in [0.1, 0.15) is 6.04 Å². The monoisotopic (exact) mass is 317 g/mol. The maximum atomic E-state index is 12.5. The van der Waals surface area contributed by atoms with Gasteiger partial charge in [-0.25, -0.2) is 0 Å². The van der Waals surface area contributed by atoms with Crippen LogP contribution in [0.1, 0.15) is 46.8 Å². The minimum absolute atomic E-state index is 0.247. The summed E-state index contributed by atoms with van der Waals surface area (Å²) in [5.41, 5.74) is 3.73. The van der Waals surface area contributed by atoms with Gasteiger partial charge in [-0.05, 0) is 49.6 Å². The second kappa shape index (κ2) is 7.37. The van der Waals surface area contributed by atoms with Gasteiger partial charge in [0.15, 0.2) is 0 Å². The first-order chi connectivity index (χ1) is 11.0. The summed E-state index contributed by atoms with van der Waals surface area (Å²) in [4.78, 5) is 35.4. The van der Waals surface area contributed by atoms with E-state index in [1.54, 1.807) is 0 Å². The highest BCUT2D eigenvalue weighted by molar-refractivity contribution is 6.04. The first kappa shape index (κ1) is 17.1. The zero-order valence-electron chi connectivity index (χ0n) is 13.8. The average molecular weight is 317 g/mol. The van der Waals surface area contributed by atoms with E-state index in [4.69, 9.17) is 0 Å². The van der Waals surface area contributed by atoms with E-state index < -0.39 is 11.9 Å². The molecule has 1 saturated heterocycles. The molecule has 1 aromatic carbocycles. The topological polar surface area (TPSA) is 87.3 Å². The van der Waals surface area contributed by atoms with Crippen LogP contribution < -0.4 is 16.0 Å². The Kier molecular flexibility index (Phi) is 5.50. The largest absolute Gasteiger partial charge is 0.340 e. The van der Waals surface area contributed by atoms with Crippen LogP contribution in [0.3, 0.4) is 0 Å². The normalized spacial score (nSPS) is 17.8. The second-order valence-corrected chi connectivity index (χ2v) is 5.80. The fraction of sp³-hybridized carbons (Fsp3) is 0.471. The van der Waals surface area contributed by atoms with Crippen LogP contribution in [0.5, 0.6) is 0 Å². The van der Waals surface area contributed by atoms with Crippen LogP contribution in [0, 0.1) is 6.92 Å². The van der Waals surface area contributed by atoms with Crippen molar-refractivity contribution in [2.75, 3.05) is 7.05 Å². The first-order valence-corrected chi connectivity index (χ1v) is 7.87. The zero-order chi connectivity index (χ0) is 17.0. The molecule has 0 aliphatic carbocycles. The first-order valence-electron chi connectivity index (χ1n) is 7.87. The predicted molar refractivity (Wildman–Crippen MR) is 87.0 cm³/mol. The van der Waals surface area contributed by atoms with Crippen LogP contribution in [-0.4, -0.2) is 30.8 Å². The molecule has 1 aliphatic heterocycles. The number of hydrogen-bond acceptors (Lipinski definition) is 4. The van der Waals surface area contributed by atoms with Gasteiger partial charge in [-0.1, -0.05) is 13.0 Å². The van der Waals surface area contributed by atoms with Crippen molar-refractivity contribution in [3.05, 3.63) is 34.4 Å². The molecular weight excluding hydrogens is 294 g/mol. The van der Waals surface area contributed by atoms with Crippen molar-refractivity contribution < 1.29 is 14.4 Å². The number of benzene rings is 1. The summed E-state index contributed by atoms with van der Waals surface area (Å²) in [5.74, 6) is -1.00. The predicted octanol–water partition coefficient (Wildman–Crippen LogP) is 0.812. The Hall–Kier alpha value is -2.21. The quantitative estimate of drug-likeness (QED) is 0.702. The van der Waals surface area contributed by atoms with Crippen molar-refractivity contribution >= 4 is 17.7 Å². The van der Waals surface area contributed by atoms with Gasteiger partial charge < -0.3 is 10.6 Å². The number of imide groups is 1. The molecule has 6 nitrogen and oxygen atoms in total. The number of nitrogens with one attached hydrogen (secondary N) is 3. The summed E-state index contributed by atoms with van der Waals surface area (Å²) < 4.78 is 0. The van der Waals surface area contributed by atoms with E-state index in [9.17, 15) is 14.4 Å². The van der Waals surface area contributed by atoms with Gasteiger partial charge in [-0.3, -0.25) is 19.7 Å². The average Bonchev–Trinajstić information content (AvgIpc) is 2.50. The van der Waals surface area contributed by atoms with Crippen LogP contribution in [0.2, 0.25) is 0 Å². The van der Waals surface area contributed by atoms with Gasteiger partial charge >= 0.3 is 0 Å². The van der Waals surface area contributed by atoms with Crippen LogP contribution in [0.15, 0.2) is 12.1 Å². The fourth-order valence-corrected chi connectivity index (χ4v) is 2.81. The van der Waals surface area contributed by atoms with Crippen LogP contribution in [0.4, 0.5) is 0 Å². The third-order valence-electron chi connectivity index (χ3n) is 4.08. The highest BCUT2D eigenvalue weighted by Crippen LogP contribution is 2.18. The summed E-state index contributed by atoms with van der Waals surface area (Å²) in [6, 6.07) is 3.25. The lowest BCUT2D eigenvalue weighted by Gasteiger charge is -2.22. The minimum Gasteiger partial charge on any atom is -0.340 e. The van der Waals surface area contributed by atoms with E-state index >= 15 is 0 Å². The minimum atomic E-state index is -0.651. The van der Waals surface area contributed by atoms with Gasteiger partial charge in [0.05, 0.1) is 0 Å². The molecule has 2 rings (SSSR count). The smallest absolute Gasteiger partial charge is 0.252 e. The summed E-state index contributed by atoms with van der Waals surface area (Å²) in [5, 5.41) is 8.10. The second-order valence-electron chi connectivity index (χ2n) is 5.80. The van der Waals surface area contributed by atoms with Gasteiger partial charge in [0.2, 0.25) is 11.8 Å². The van der Waals surface area contributed by atoms with Crippen LogP contribution in [-0.2, 0) is 22.6 Å². The molecule has 1 heterocycles. The van der Waals surface area contributed by atoms with Crippen molar-refractivity contribution in [2.45, 2.75) is 45.7 Å². The number of hydrogen-bond donors (Lipinski definition) is 3. The van der Waals surface area contributed by atoms with E-state index in [0.29, 0.717) is 12.0 Å². The molecule has 124 valence electrons. The lowest BCUT2D eigenvalue weighted by molar-refractivity contribution is -0.134. The molecule has 23 heavy (non-hydrogen) atoms. The highest BCUT2D eigenvalue weighted by atomic mass is 16.2. The summed E-state index contributed by atoms with van der Waals surface area (Å²) >= 11 is 0. The molecule has 1 unspecified atom stereocenters. The summed E-state index contributed by atoms with van der Waals surface area (Å²) in [7, 11) is 1.89. The SMILES string of the molecule is CCc1cc(C(=O)NC2CCC(=O)NC2=O)c(C)cc1CNC. The Bertz CT molecular complexity index is 640. The third kappa shape index (κ3) is 3.96. The number of carbonyl (C=O) groups excluding carboxylic acids is 3. The summed E-state index contributed by atoms with van der Waals surface area (Å²) in [6.45, 7) is 4.68. The Labute approximate surface area is 136 Å². The number of carbonyl (C=O) groups is 3. The molecule has 3 N–H and O–H groups in total. The Morgan fingerprint density at radius 3 is 2.65 bits per heavy atom.